The molecule has 5 heteroatoms. The maximum atomic E-state index is 13.1. The number of amides is 1. The minimum atomic E-state index is -0.490. The number of nitrogens with one attached hydrogen (secondary N) is 1. The van der Waals surface area contributed by atoms with E-state index in [0.29, 0.717) is 19.4 Å². The summed E-state index contributed by atoms with van der Waals surface area (Å²) >= 11 is 0. The third-order valence-electron chi connectivity index (χ3n) is 5.43. The highest BCUT2D eigenvalue weighted by Gasteiger charge is 2.42. The molecule has 0 spiro atoms. The number of phenolic OH excluding ortho intramolecular Hbond substituents is 1. The molecule has 5 nitrogen and oxygen atoms in total. The Kier molecular flexibility index (Phi) is 5.08. The zero-order chi connectivity index (χ0) is 17.8. The molecule has 1 aliphatic carbocycles. The SMILES string of the molecule is C#CCCC1(CCNC(=O)C2(c3ccc(O)cc3)CCCCC2)N=N1. The van der Waals surface area contributed by atoms with E-state index in [2.05, 4.69) is 21.5 Å². The van der Waals surface area contributed by atoms with E-state index in [4.69, 9.17) is 6.42 Å². The van der Waals surface area contributed by atoms with E-state index < -0.39 is 5.41 Å². The Morgan fingerprint density at radius 2 is 1.84 bits per heavy atom. The highest BCUT2D eigenvalue weighted by molar-refractivity contribution is 5.88. The molecule has 1 amide bonds. The van der Waals surface area contributed by atoms with Gasteiger partial charge in [0.25, 0.3) is 0 Å². The molecule has 3 rings (SSSR count). The summed E-state index contributed by atoms with van der Waals surface area (Å²) in [5, 5.41) is 20.9. The second-order valence-electron chi connectivity index (χ2n) is 7.08. The van der Waals surface area contributed by atoms with Crippen LogP contribution in [0.25, 0.3) is 0 Å². The minimum absolute atomic E-state index is 0.0747. The number of carbonyl (C=O) groups is 1. The Morgan fingerprint density at radius 3 is 2.44 bits per heavy atom. The van der Waals surface area contributed by atoms with Gasteiger partial charge in [-0.1, -0.05) is 31.4 Å². The lowest BCUT2D eigenvalue weighted by Gasteiger charge is -2.36. The largest absolute Gasteiger partial charge is 0.508 e. The molecule has 1 saturated carbocycles. The molecule has 0 atom stereocenters. The molecule has 1 aromatic rings. The maximum absolute atomic E-state index is 13.1. The molecular weight excluding hydrogens is 314 g/mol. The molecule has 0 aromatic heterocycles. The van der Waals surface area contributed by atoms with Crippen LogP contribution in [0.2, 0.25) is 0 Å². The van der Waals surface area contributed by atoms with Crippen molar-refractivity contribution in [2.45, 2.75) is 62.4 Å². The van der Waals surface area contributed by atoms with Gasteiger partial charge in [0.2, 0.25) is 5.91 Å². The van der Waals surface area contributed by atoms with Crippen LogP contribution in [-0.2, 0) is 10.2 Å². The van der Waals surface area contributed by atoms with Crippen molar-refractivity contribution < 1.29 is 9.90 Å². The van der Waals surface area contributed by atoms with Crippen molar-refractivity contribution in [2.24, 2.45) is 10.2 Å². The molecule has 25 heavy (non-hydrogen) atoms. The summed E-state index contributed by atoms with van der Waals surface area (Å²) in [7, 11) is 0. The van der Waals surface area contributed by atoms with Gasteiger partial charge in [0.05, 0.1) is 5.41 Å². The van der Waals surface area contributed by atoms with Crippen molar-refractivity contribution in [3.05, 3.63) is 29.8 Å². The third kappa shape index (κ3) is 3.84. The van der Waals surface area contributed by atoms with E-state index in [1.54, 1.807) is 12.1 Å². The van der Waals surface area contributed by atoms with Crippen LogP contribution in [0.4, 0.5) is 0 Å². The summed E-state index contributed by atoms with van der Waals surface area (Å²) in [4.78, 5) is 13.1. The first-order valence-corrected chi connectivity index (χ1v) is 9.06. The number of hydrogen-bond donors (Lipinski definition) is 2. The van der Waals surface area contributed by atoms with E-state index in [9.17, 15) is 9.90 Å². The summed E-state index contributed by atoms with van der Waals surface area (Å²) in [5.74, 6) is 2.92. The molecule has 0 unspecified atom stereocenters. The Hall–Kier alpha value is -2.35. The zero-order valence-corrected chi connectivity index (χ0v) is 14.5. The van der Waals surface area contributed by atoms with Gasteiger partial charge in [0, 0.05) is 25.8 Å². The van der Waals surface area contributed by atoms with Gasteiger partial charge in [-0.2, -0.15) is 10.2 Å². The topological polar surface area (TPSA) is 74.0 Å². The molecule has 1 aliphatic heterocycles. The Morgan fingerprint density at radius 1 is 1.16 bits per heavy atom. The molecule has 0 saturated heterocycles. The number of carbonyl (C=O) groups excluding carboxylic acids is 1. The summed E-state index contributed by atoms with van der Waals surface area (Å²) < 4.78 is 0. The smallest absolute Gasteiger partial charge is 0.230 e. The quantitative estimate of drug-likeness (QED) is 0.744. The Labute approximate surface area is 148 Å². The van der Waals surface area contributed by atoms with E-state index in [1.807, 2.05) is 12.1 Å². The monoisotopic (exact) mass is 339 g/mol. The highest BCUT2D eigenvalue weighted by Crippen LogP contribution is 2.40. The van der Waals surface area contributed by atoms with E-state index in [1.165, 1.54) is 6.42 Å². The Bertz CT molecular complexity index is 676. The number of rotatable bonds is 7. The third-order valence-corrected chi connectivity index (χ3v) is 5.43. The summed E-state index contributed by atoms with van der Waals surface area (Å²) in [6.45, 7) is 0.552. The van der Waals surface area contributed by atoms with Crippen molar-refractivity contribution >= 4 is 5.91 Å². The van der Waals surface area contributed by atoms with Crippen molar-refractivity contribution in [1.29, 1.82) is 0 Å². The molecule has 0 bridgehead atoms. The molecule has 2 aliphatic rings. The lowest BCUT2D eigenvalue weighted by atomic mass is 9.68. The van der Waals surface area contributed by atoms with Crippen LogP contribution in [0.5, 0.6) is 5.75 Å². The van der Waals surface area contributed by atoms with Crippen LogP contribution < -0.4 is 5.32 Å². The van der Waals surface area contributed by atoms with E-state index in [-0.39, 0.29) is 17.3 Å². The first-order chi connectivity index (χ1) is 12.1. The lowest BCUT2D eigenvalue weighted by Crippen LogP contribution is -2.46. The molecular formula is C20H25N3O2. The van der Waals surface area contributed by atoms with Gasteiger partial charge in [-0.05, 0) is 30.5 Å². The number of hydrogen-bond acceptors (Lipinski definition) is 4. The molecule has 1 aromatic carbocycles. The van der Waals surface area contributed by atoms with Crippen molar-refractivity contribution in [3.8, 4) is 18.1 Å². The van der Waals surface area contributed by atoms with E-state index >= 15 is 0 Å². The van der Waals surface area contributed by atoms with Crippen molar-refractivity contribution in [1.82, 2.24) is 5.32 Å². The number of nitrogens with zero attached hydrogens (tertiary/aromatic N) is 2. The van der Waals surface area contributed by atoms with Crippen LogP contribution in [0, 0.1) is 12.3 Å². The molecule has 2 N–H and O–H groups in total. The molecule has 132 valence electrons. The second kappa shape index (κ2) is 7.26. The number of terminal acetylenes is 1. The van der Waals surface area contributed by atoms with Crippen molar-refractivity contribution in [2.75, 3.05) is 6.54 Å². The van der Waals surface area contributed by atoms with Crippen LogP contribution in [0.15, 0.2) is 34.5 Å². The number of benzene rings is 1. The summed E-state index contributed by atoms with van der Waals surface area (Å²) in [6.07, 6.45) is 12.4. The van der Waals surface area contributed by atoms with Gasteiger partial charge in [0.1, 0.15) is 5.75 Å². The fourth-order valence-electron chi connectivity index (χ4n) is 3.80. The van der Waals surface area contributed by atoms with Crippen molar-refractivity contribution in [3.63, 3.8) is 0 Å². The van der Waals surface area contributed by atoms with Crippen LogP contribution in [0.1, 0.15) is 56.9 Å². The first-order valence-electron chi connectivity index (χ1n) is 9.06. The number of aromatic hydroxyl groups is 1. The maximum Gasteiger partial charge on any atom is 0.230 e. The predicted octanol–water partition coefficient (Wildman–Crippen LogP) is 3.68. The second-order valence-corrected chi connectivity index (χ2v) is 7.08. The molecule has 0 radical (unpaired) electrons. The lowest BCUT2D eigenvalue weighted by molar-refractivity contribution is -0.128. The van der Waals surface area contributed by atoms with Gasteiger partial charge in [-0.25, -0.2) is 0 Å². The van der Waals surface area contributed by atoms with Gasteiger partial charge in [-0.15, -0.1) is 12.3 Å². The fourth-order valence-corrected chi connectivity index (χ4v) is 3.80. The standard InChI is InChI=1S/C20H25N3O2/c1-2-3-13-20(22-23-20)14-15-21-18(25)19(11-5-4-6-12-19)16-7-9-17(24)10-8-16/h1,7-10,24H,3-6,11-15H2,(H,21,25). The summed E-state index contributed by atoms with van der Waals surface area (Å²) in [6, 6.07) is 7.08. The normalized spacial score (nSPS) is 19.8. The van der Waals surface area contributed by atoms with Gasteiger partial charge >= 0.3 is 0 Å². The summed E-state index contributed by atoms with van der Waals surface area (Å²) in [5.41, 5.74) is 0.138. The van der Waals surface area contributed by atoms with Crippen LogP contribution in [0.3, 0.4) is 0 Å². The highest BCUT2D eigenvalue weighted by atomic mass is 16.3. The van der Waals surface area contributed by atoms with Crippen LogP contribution >= 0.6 is 0 Å². The van der Waals surface area contributed by atoms with E-state index in [0.717, 1.165) is 37.7 Å². The fraction of sp³-hybridized carbons (Fsp3) is 0.550. The van der Waals surface area contributed by atoms with Gasteiger partial charge in [-0.3, -0.25) is 4.79 Å². The predicted molar refractivity (Wildman–Crippen MR) is 96.2 cm³/mol. The molecule has 1 fully saturated rings. The minimum Gasteiger partial charge on any atom is -0.508 e. The van der Waals surface area contributed by atoms with Crippen LogP contribution in [-0.4, -0.2) is 23.2 Å². The first kappa shape index (κ1) is 17.5. The van der Waals surface area contributed by atoms with Gasteiger partial charge in [0.15, 0.2) is 5.66 Å². The zero-order valence-electron chi connectivity index (χ0n) is 14.5. The average molecular weight is 339 g/mol. The van der Waals surface area contributed by atoms with Gasteiger partial charge < -0.3 is 10.4 Å². The number of phenols is 1. The Balaban J connectivity index is 1.64. The average Bonchev–Trinajstić information content (AvgIpc) is 3.41. The molecule has 1 heterocycles.